The van der Waals surface area contributed by atoms with Crippen LogP contribution in [0.3, 0.4) is 0 Å². The predicted molar refractivity (Wildman–Crippen MR) is 79.2 cm³/mol. The summed E-state index contributed by atoms with van der Waals surface area (Å²) in [5, 5.41) is 11.4. The van der Waals surface area contributed by atoms with E-state index in [9.17, 15) is 18.0 Å². The van der Waals surface area contributed by atoms with Crippen LogP contribution in [0.25, 0.3) is 0 Å². The number of carbonyl (C=O) groups excluding carboxylic acids is 1. The van der Waals surface area contributed by atoms with E-state index in [-0.39, 0.29) is 12.8 Å². The van der Waals surface area contributed by atoms with Gasteiger partial charge in [0.2, 0.25) is 5.91 Å². The van der Waals surface area contributed by atoms with E-state index in [2.05, 4.69) is 5.32 Å². The molecule has 0 radical (unpaired) electrons. The second-order valence-corrected chi connectivity index (χ2v) is 6.00. The Morgan fingerprint density at radius 2 is 1.87 bits per heavy atom. The van der Waals surface area contributed by atoms with E-state index in [1.807, 2.05) is 6.07 Å². The number of hydrogen-bond donors (Lipinski definition) is 1. The van der Waals surface area contributed by atoms with E-state index < -0.39 is 30.0 Å². The summed E-state index contributed by atoms with van der Waals surface area (Å²) in [4.78, 5) is 12.3. The van der Waals surface area contributed by atoms with E-state index in [1.54, 1.807) is 31.2 Å². The van der Waals surface area contributed by atoms with Crippen LogP contribution in [0.5, 0.6) is 0 Å². The van der Waals surface area contributed by atoms with Crippen molar-refractivity contribution in [3.63, 3.8) is 0 Å². The van der Waals surface area contributed by atoms with Gasteiger partial charge in [0.05, 0.1) is 23.6 Å². The van der Waals surface area contributed by atoms with Gasteiger partial charge in [0.1, 0.15) is 0 Å². The standard InChI is InChI=1S/C17H19F3N2O/c1-11(13-8-6-12(10-21)7-9-13)22-16(23)14-4-2-3-5-15(14)17(18,19)20/h6-9,11,14-15H,2-5H2,1H3,(H,22,23)/t11-,14-,15-/m0/s1. The fraction of sp³-hybridized carbons (Fsp3) is 0.529. The molecule has 1 aromatic carbocycles. The van der Waals surface area contributed by atoms with Gasteiger partial charge in [-0.3, -0.25) is 4.79 Å². The molecule has 3 atom stereocenters. The Balaban J connectivity index is 2.05. The van der Waals surface area contributed by atoms with Crippen molar-refractivity contribution in [2.24, 2.45) is 11.8 Å². The van der Waals surface area contributed by atoms with E-state index in [4.69, 9.17) is 5.26 Å². The van der Waals surface area contributed by atoms with Gasteiger partial charge in [-0.15, -0.1) is 0 Å². The summed E-state index contributed by atoms with van der Waals surface area (Å²) in [7, 11) is 0. The number of amides is 1. The second kappa shape index (κ2) is 7.03. The zero-order chi connectivity index (χ0) is 17.0. The van der Waals surface area contributed by atoms with Crippen molar-refractivity contribution in [1.29, 1.82) is 5.26 Å². The molecule has 0 spiro atoms. The molecule has 2 rings (SSSR count). The first-order chi connectivity index (χ1) is 10.8. The largest absolute Gasteiger partial charge is 0.392 e. The number of alkyl halides is 3. The number of nitrogens with zero attached hydrogens (tertiary/aromatic N) is 1. The summed E-state index contributed by atoms with van der Waals surface area (Å²) in [6.45, 7) is 1.73. The molecule has 0 aromatic heterocycles. The van der Waals surface area contributed by atoms with Crippen LogP contribution in [0, 0.1) is 23.2 Å². The molecule has 1 aliphatic rings. The van der Waals surface area contributed by atoms with Gasteiger partial charge in [0.25, 0.3) is 0 Å². The highest BCUT2D eigenvalue weighted by Crippen LogP contribution is 2.41. The highest BCUT2D eigenvalue weighted by molar-refractivity contribution is 5.79. The van der Waals surface area contributed by atoms with E-state index >= 15 is 0 Å². The molecular weight excluding hydrogens is 305 g/mol. The normalized spacial score (nSPS) is 22.9. The zero-order valence-electron chi connectivity index (χ0n) is 12.9. The maximum Gasteiger partial charge on any atom is 0.392 e. The van der Waals surface area contributed by atoms with E-state index in [1.165, 1.54) is 0 Å². The highest BCUT2D eigenvalue weighted by atomic mass is 19.4. The molecule has 1 fully saturated rings. The number of carbonyl (C=O) groups is 1. The maximum absolute atomic E-state index is 13.1. The predicted octanol–water partition coefficient (Wildman–Crippen LogP) is 4.10. The maximum atomic E-state index is 13.1. The summed E-state index contributed by atoms with van der Waals surface area (Å²) in [5.41, 5.74) is 1.26. The Kier molecular flexibility index (Phi) is 5.30. The van der Waals surface area contributed by atoms with Crippen molar-refractivity contribution >= 4 is 5.91 Å². The van der Waals surface area contributed by atoms with Crippen LogP contribution in [-0.2, 0) is 4.79 Å². The third-order valence-electron chi connectivity index (χ3n) is 4.42. The van der Waals surface area contributed by atoms with E-state index in [0.29, 0.717) is 18.4 Å². The Morgan fingerprint density at radius 3 is 2.43 bits per heavy atom. The third kappa shape index (κ3) is 4.25. The molecule has 0 bridgehead atoms. The van der Waals surface area contributed by atoms with Crippen LogP contribution in [0.2, 0.25) is 0 Å². The first-order valence-electron chi connectivity index (χ1n) is 7.70. The van der Waals surface area contributed by atoms with Crippen molar-refractivity contribution in [1.82, 2.24) is 5.32 Å². The number of nitriles is 1. The fourth-order valence-electron chi connectivity index (χ4n) is 3.09. The van der Waals surface area contributed by atoms with Gasteiger partial charge in [-0.1, -0.05) is 25.0 Å². The van der Waals surface area contributed by atoms with Crippen molar-refractivity contribution in [3.05, 3.63) is 35.4 Å². The smallest absolute Gasteiger partial charge is 0.349 e. The minimum absolute atomic E-state index is 0.0207. The molecule has 6 heteroatoms. The Bertz CT molecular complexity index is 589. The van der Waals surface area contributed by atoms with E-state index in [0.717, 1.165) is 5.56 Å². The molecule has 1 saturated carbocycles. The van der Waals surface area contributed by atoms with Crippen LogP contribution in [0.15, 0.2) is 24.3 Å². The summed E-state index contributed by atoms with van der Waals surface area (Å²) in [6.07, 6.45) is -2.88. The first kappa shape index (κ1) is 17.3. The van der Waals surface area contributed by atoms with Crippen molar-refractivity contribution < 1.29 is 18.0 Å². The summed E-state index contributed by atoms with van der Waals surface area (Å²) in [6, 6.07) is 8.24. The van der Waals surface area contributed by atoms with Gasteiger partial charge < -0.3 is 5.32 Å². The van der Waals surface area contributed by atoms with Gasteiger partial charge in [-0.05, 0) is 37.5 Å². The van der Waals surface area contributed by atoms with Crippen LogP contribution in [0.1, 0.15) is 49.8 Å². The summed E-state index contributed by atoms with van der Waals surface area (Å²) >= 11 is 0. The molecule has 1 aliphatic carbocycles. The number of hydrogen-bond acceptors (Lipinski definition) is 2. The minimum atomic E-state index is -4.33. The number of benzene rings is 1. The zero-order valence-corrected chi connectivity index (χ0v) is 12.9. The molecule has 1 amide bonds. The Morgan fingerprint density at radius 1 is 1.26 bits per heavy atom. The molecule has 124 valence electrons. The molecule has 1 aromatic rings. The van der Waals surface area contributed by atoms with Crippen LogP contribution >= 0.6 is 0 Å². The first-order valence-corrected chi connectivity index (χ1v) is 7.70. The van der Waals surface area contributed by atoms with Crippen LogP contribution in [0.4, 0.5) is 13.2 Å². The van der Waals surface area contributed by atoms with Gasteiger partial charge in [0, 0.05) is 5.92 Å². The minimum Gasteiger partial charge on any atom is -0.349 e. The molecule has 0 heterocycles. The van der Waals surface area contributed by atoms with Gasteiger partial charge in [-0.2, -0.15) is 18.4 Å². The lowest BCUT2D eigenvalue weighted by Crippen LogP contribution is -2.43. The average molecular weight is 324 g/mol. The monoisotopic (exact) mass is 324 g/mol. The molecule has 0 unspecified atom stereocenters. The number of nitrogens with one attached hydrogen (secondary N) is 1. The van der Waals surface area contributed by atoms with Gasteiger partial charge >= 0.3 is 6.18 Å². The van der Waals surface area contributed by atoms with Gasteiger partial charge in [0.15, 0.2) is 0 Å². The second-order valence-electron chi connectivity index (χ2n) is 6.00. The summed E-state index contributed by atoms with van der Waals surface area (Å²) < 4.78 is 39.3. The molecule has 1 N–H and O–H groups in total. The number of halogens is 3. The molecule has 0 aliphatic heterocycles. The SMILES string of the molecule is C[C@H](NC(=O)[C@H]1CCCC[C@@H]1C(F)(F)F)c1ccc(C#N)cc1. The lowest BCUT2D eigenvalue weighted by molar-refractivity contribution is -0.198. The molecular formula is C17H19F3N2O. The van der Waals surface area contributed by atoms with Crippen LogP contribution in [-0.4, -0.2) is 12.1 Å². The quantitative estimate of drug-likeness (QED) is 0.910. The number of rotatable bonds is 3. The Labute approximate surface area is 133 Å². The van der Waals surface area contributed by atoms with Crippen molar-refractivity contribution in [2.45, 2.75) is 44.8 Å². The van der Waals surface area contributed by atoms with Gasteiger partial charge in [-0.25, -0.2) is 0 Å². The third-order valence-corrected chi connectivity index (χ3v) is 4.42. The molecule has 23 heavy (non-hydrogen) atoms. The molecule has 0 saturated heterocycles. The van der Waals surface area contributed by atoms with Crippen molar-refractivity contribution in [3.8, 4) is 6.07 Å². The van der Waals surface area contributed by atoms with Crippen LogP contribution < -0.4 is 5.32 Å². The fourth-order valence-corrected chi connectivity index (χ4v) is 3.09. The summed E-state index contributed by atoms with van der Waals surface area (Å²) in [5.74, 6) is -3.10. The Hall–Kier alpha value is -2.03. The van der Waals surface area contributed by atoms with Crippen molar-refractivity contribution in [2.75, 3.05) is 0 Å². The average Bonchev–Trinajstić information content (AvgIpc) is 2.54. The topological polar surface area (TPSA) is 52.9 Å². The highest BCUT2D eigenvalue weighted by Gasteiger charge is 2.48. The lowest BCUT2D eigenvalue weighted by atomic mass is 9.78. The molecule has 3 nitrogen and oxygen atoms in total. The lowest BCUT2D eigenvalue weighted by Gasteiger charge is -2.32.